The summed E-state index contributed by atoms with van der Waals surface area (Å²) in [5.41, 5.74) is 6.64. The first-order chi connectivity index (χ1) is 8.63. The summed E-state index contributed by atoms with van der Waals surface area (Å²) in [6, 6.07) is 7.43. The standard InChI is InChI=1S/C13H18ClN3O/c1-16-8-9-17(12(6-7-15)13(16)18)11-4-2-10(14)3-5-11/h2-5,12H,6-9,15H2,1H3. The number of benzene rings is 1. The molecule has 0 aromatic heterocycles. The molecule has 5 heteroatoms. The zero-order valence-corrected chi connectivity index (χ0v) is 11.2. The lowest BCUT2D eigenvalue weighted by atomic mass is 10.1. The molecule has 18 heavy (non-hydrogen) atoms. The molecular weight excluding hydrogens is 250 g/mol. The van der Waals surface area contributed by atoms with E-state index in [9.17, 15) is 4.79 Å². The normalized spacial score (nSPS) is 20.4. The number of hydrogen-bond donors (Lipinski definition) is 1. The van der Waals surface area contributed by atoms with E-state index in [2.05, 4.69) is 4.90 Å². The monoisotopic (exact) mass is 267 g/mol. The van der Waals surface area contributed by atoms with Gasteiger partial charge >= 0.3 is 0 Å². The first-order valence-electron chi connectivity index (χ1n) is 6.10. The molecule has 1 amide bonds. The highest BCUT2D eigenvalue weighted by Crippen LogP contribution is 2.24. The molecule has 1 saturated heterocycles. The average molecular weight is 268 g/mol. The third kappa shape index (κ3) is 2.60. The van der Waals surface area contributed by atoms with Crippen molar-refractivity contribution in [1.29, 1.82) is 0 Å². The molecule has 0 spiro atoms. The van der Waals surface area contributed by atoms with Crippen molar-refractivity contribution in [2.45, 2.75) is 12.5 Å². The lowest BCUT2D eigenvalue weighted by Gasteiger charge is -2.40. The van der Waals surface area contributed by atoms with Gasteiger partial charge in [0, 0.05) is 30.8 Å². The van der Waals surface area contributed by atoms with E-state index in [0.717, 1.165) is 18.8 Å². The van der Waals surface area contributed by atoms with Gasteiger partial charge in [-0.15, -0.1) is 0 Å². The zero-order valence-electron chi connectivity index (χ0n) is 10.5. The molecule has 0 saturated carbocycles. The Balaban J connectivity index is 2.24. The van der Waals surface area contributed by atoms with Gasteiger partial charge in [-0.1, -0.05) is 11.6 Å². The van der Waals surface area contributed by atoms with Gasteiger partial charge in [0.1, 0.15) is 6.04 Å². The molecule has 1 aromatic carbocycles. The van der Waals surface area contributed by atoms with Crippen LogP contribution < -0.4 is 10.6 Å². The average Bonchev–Trinajstić information content (AvgIpc) is 2.37. The smallest absolute Gasteiger partial charge is 0.245 e. The minimum Gasteiger partial charge on any atom is -0.358 e. The van der Waals surface area contributed by atoms with E-state index in [0.29, 0.717) is 18.0 Å². The second-order valence-electron chi connectivity index (χ2n) is 4.52. The molecule has 4 nitrogen and oxygen atoms in total. The minimum atomic E-state index is -0.157. The fraction of sp³-hybridized carbons (Fsp3) is 0.462. The van der Waals surface area contributed by atoms with Crippen molar-refractivity contribution in [3.8, 4) is 0 Å². The largest absolute Gasteiger partial charge is 0.358 e. The predicted octanol–water partition coefficient (Wildman–Crippen LogP) is 1.34. The Hall–Kier alpha value is -1.26. The maximum atomic E-state index is 12.2. The molecule has 1 heterocycles. The molecule has 1 fully saturated rings. The highest BCUT2D eigenvalue weighted by Gasteiger charge is 2.32. The van der Waals surface area contributed by atoms with E-state index in [1.807, 2.05) is 31.3 Å². The van der Waals surface area contributed by atoms with E-state index < -0.39 is 0 Å². The van der Waals surface area contributed by atoms with Crippen LogP contribution in [-0.2, 0) is 4.79 Å². The summed E-state index contributed by atoms with van der Waals surface area (Å²) in [5, 5.41) is 0.703. The number of piperazine rings is 1. The minimum absolute atomic E-state index is 0.140. The summed E-state index contributed by atoms with van der Waals surface area (Å²) in [6.07, 6.45) is 0.672. The number of carbonyl (C=O) groups excluding carboxylic acids is 1. The van der Waals surface area contributed by atoms with Crippen molar-refractivity contribution in [3.63, 3.8) is 0 Å². The van der Waals surface area contributed by atoms with Gasteiger partial charge in [0.15, 0.2) is 0 Å². The highest BCUT2D eigenvalue weighted by molar-refractivity contribution is 6.30. The van der Waals surface area contributed by atoms with E-state index in [4.69, 9.17) is 17.3 Å². The van der Waals surface area contributed by atoms with Crippen LogP contribution in [-0.4, -0.2) is 43.5 Å². The number of amides is 1. The number of carbonyl (C=O) groups is 1. The van der Waals surface area contributed by atoms with Gasteiger partial charge in [0.25, 0.3) is 0 Å². The van der Waals surface area contributed by atoms with Crippen molar-refractivity contribution in [1.82, 2.24) is 4.90 Å². The first-order valence-corrected chi connectivity index (χ1v) is 6.48. The molecule has 1 atom stereocenters. The second-order valence-corrected chi connectivity index (χ2v) is 4.96. The van der Waals surface area contributed by atoms with Gasteiger partial charge in [-0.3, -0.25) is 4.79 Å². The van der Waals surface area contributed by atoms with Crippen LogP contribution in [0, 0.1) is 0 Å². The Bertz CT molecular complexity index is 421. The molecule has 98 valence electrons. The molecule has 1 unspecified atom stereocenters. The Labute approximate surface area is 112 Å². The molecule has 1 aromatic rings. The molecule has 1 aliphatic heterocycles. The van der Waals surface area contributed by atoms with Gasteiger partial charge in [0.05, 0.1) is 0 Å². The lowest BCUT2D eigenvalue weighted by Crippen LogP contribution is -2.56. The maximum Gasteiger partial charge on any atom is 0.245 e. The SMILES string of the molecule is CN1CCN(c2ccc(Cl)cc2)C(CCN)C1=O. The van der Waals surface area contributed by atoms with Crippen LogP contribution in [0.1, 0.15) is 6.42 Å². The summed E-state index contributed by atoms with van der Waals surface area (Å²) >= 11 is 5.89. The van der Waals surface area contributed by atoms with Crippen LogP contribution in [0.4, 0.5) is 5.69 Å². The van der Waals surface area contributed by atoms with Crippen LogP contribution in [0.5, 0.6) is 0 Å². The molecule has 0 radical (unpaired) electrons. The molecule has 0 aliphatic carbocycles. The summed E-state index contributed by atoms with van der Waals surface area (Å²) in [7, 11) is 1.84. The van der Waals surface area contributed by atoms with E-state index in [1.165, 1.54) is 0 Å². The van der Waals surface area contributed by atoms with Gasteiger partial charge < -0.3 is 15.5 Å². The molecule has 1 aliphatic rings. The fourth-order valence-corrected chi connectivity index (χ4v) is 2.42. The van der Waals surface area contributed by atoms with E-state index in [-0.39, 0.29) is 11.9 Å². The van der Waals surface area contributed by atoms with Gasteiger partial charge in [-0.2, -0.15) is 0 Å². The van der Waals surface area contributed by atoms with Crippen molar-refractivity contribution in [2.24, 2.45) is 5.73 Å². The number of nitrogens with two attached hydrogens (primary N) is 1. The highest BCUT2D eigenvalue weighted by atomic mass is 35.5. The Kier molecular flexibility index (Phi) is 4.09. The molecular formula is C13H18ClN3O. The molecule has 2 rings (SSSR count). The van der Waals surface area contributed by atoms with E-state index in [1.54, 1.807) is 4.90 Å². The second kappa shape index (κ2) is 5.59. The zero-order chi connectivity index (χ0) is 13.1. The predicted molar refractivity (Wildman–Crippen MR) is 73.9 cm³/mol. The van der Waals surface area contributed by atoms with Crippen molar-refractivity contribution in [2.75, 3.05) is 31.6 Å². The van der Waals surface area contributed by atoms with Crippen molar-refractivity contribution < 1.29 is 4.79 Å². The molecule has 0 bridgehead atoms. The van der Waals surface area contributed by atoms with Crippen molar-refractivity contribution >= 4 is 23.2 Å². The van der Waals surface area contributed by atoms with Crippen LogP contribution in [0.3, 0.4) is 0 Å². The number of anilines is 1. The summed E-state index contributed by atoms with van der Waals surface area (Å²) in [6.45, 7) is 2.07. The van der Waals surface area contributed by atoms with Gasteiger partial charge in [-0.05, 0) is 37.2 Å². The number of likely N-dealkylation sites (N-methyl/N-ethyl adjacent to an activating group) is 1. The topological polar surface area (TPSA) is 49.6 Å². The van der Waals surface area contributed by atoms with Crippen LogP contribution in [0.25, 0.3) is 0 Å². The molecule has 2 N–H and O–H groups in total. The van der Waals surface area contributed by atoms with E-state index >= 15 is 0 Å². The lowest BCUT2D eigenvalue weighted by molar-refractivity contribution is -0.133. The van der Waals surface area contributed by atoms with Gasteiger partial charge in [0.2, 0.25) is 5.91 Å². The summed E-state index contributed by atoms with van der Waals surface area (Å²) < 4.78 is 0. The van der Waals surface area contributed by atoms with Crippen molar-refractivity contribution in [3.05, 3.63) is 29.3 Å². The van der Waals surface area contributed by atoms with Crippen LogP contribution in [0.15, 0.2) is 24.3 Å². The third-order valence-corrected chi connectivity index (χ3v) is 3.56. The number of rotatable bonds is 3. The number of halogens is 1. The number of nitrogens with zero attached hydrogens (tertiary/aromatic N) is 2. The Morgan fingerprint density at radius 2 is 2.00 bits per heavy atom. The fourth-order valence-electron chi connectivity index (χ4n) is 2.29. The first kappa shape index (κ1) is 13.2. The van der Waals surface area contributed by atoms with Crippen LogP contribution in [0.2, 0.25) is 5.02 Å². The maximum absolute atomic E-state index is 12.2. The van der Waals surface area contributed by atoms with Gasteiger partial charge in [-0.25, -0.2) is 0 Å². The third-order valence-electron chi connectivity index (χ3n) is 3.31. The Morgan fingerprint density at radius 3 is 2.61 bits per heavy atom. The number of hydrogen-bond acceptors (Lipinski definition) is 3. The summed E-state index contributed by atoms with van der Waals surface area (Å²) in [5.74, 6) is 0.140. The quantitative estimate of drug-likeness (QED) is 0.899. The van der Waals surface area contributed by atoms with Crippen LogP contribution >= 0.6 is 11.6 Å². The summed E-state index contributed by atoms with van der Waals surface area (Å²) in [4.78, 5) is 16.1. The Morgan fingerprint density at radius 1 is 1.33 bits per heavy atom.